The Balaban J connectivity index is 1.51. The highest BCUT2D eigenvalue weighted by Crippen LogP contribution is 2.35. The molecule has 0 unspecified atom stereocenters. The van der Waals surface area contributed by atoms with Crippen molar-refractivity contribution < 1.29 is 18.8 Å². The van der Waals surface area contributed by atoms with Crippen LogP contribution >= 0.6 is 0 Å². The van der Waals surface area contributed by atoms with Gasteiger partial charge in [0, 0.05) is 12.5 Å². The number of nitrogens with zero attached hydrogens (tertiary/aromatic N) is 3. The van der Waals surface area contributed by atoms with Crippen molar-refractivity contribution in [1.29, 1.82) is 0 Å². The molecule has 1 aromatic heterocycles. The number of hydrogen-bond acceptors (Lipinski definition) is 6. The molecule has 0 spiro atoms. The van der Waals surface area contributed by atoms with Crippen molar-refractivity contribution in [2.45, 2.75) is 44.8 Å². The maximum atomic E-state index is 13.0. The van der Waals surface area contributed by atoms with Crippen LogP contribution in [0.5, 0.6) is 11.5 Å². The van der Waals surface area contributed by atoms with Gasteiger partial charge in [-0.05, 0) is 25.0 Å². The third-order valence-corrected chi connectivity index (χ3v) is 4.57. The Morgan fingerprint density at radius 3 is 2.84 bits per heavy atom. The Kier molecular flexibility index (Phi) is 4.07. The molecule has 0 saturated carbocycles. The molecule has 0 radical (unpaired) electrons. The molecular formula is C18H21N3O4. The summed E-state index contributed by atoms with van der Waals surface area (Å²) in [5.74, 6) is 2.52. The number of hydrogen-bond donors (Lipinski definition) is 0. The van der Waals surface area contributed by atoms with Gasteiger partial charge in [-0.3, -0.25) is 4.79 Å². The highest BCUT2D eigenvalue weighted by atomic mass is 16.6. The Morgan fingerprint density at radius 1 is 1.28 bits per heavy atom. The summed E-state index contributed by atoms with van der Waals surface area (Å²) in [7, 11) is 0. The van der Waals surface area contributed by atoms with Crippen molar-refractivity contribution in [2.75, 3.05) is 13.2 Å². The Bertz CT molecular complexity index is 773. The van der Waals surface area contributed by atoms with Gasteiger partial charge in [0.15, 0.2) is 17.3 Å². The van der Waals surface area contributed by atoms with E-state index in [4.69, 9.17) is 14.0 Å². The highest BCUT2D eigenvalue weighted by Gasteiger charge is 2.39. The predicted octanol–water partition coefficient (Wildman–Crippen LogP) is 2.70. The monoisotopic (exact) mass is 343 g/mol. The van der Waals surface area contributed by atoms with Gasteiger partial charge in [-0.25, -0.2) is 0 Å². The smallest absolute Gasteiger partial charge is 0.267 e. The first-order valence-electron chi connectivity index (χ1n) is 8.66. The van der Waals surface area contributed by atoms with E-state index >= 15 is 0 Å². The number of fused-ring (bicyclic) bond motifs is 1. The lowest BCUT2D eigenvalue weighted by atomic mass is 10.2. The second kappa shape index (κ2) is 6.38. The molecule has 1 saturated heterocycles. The fraction of sp³-hybridized carbons (Fsp3) is 0.500. The summed E-state index contributed by atoms with van der Waals surface area (Å²) >= 11 is 0. The Morgan fingerprint density at radius 2 is 2.08 bits per heavy atom. The SMILES string of the molecule is CC(C)c1nc([C@H]2CCCN2C(=O)[C@@H]2COc3ccccc3O2)no1. The fourth-order valence-corrected chi connectivity index (χ4v) is 3.24. The summed E-state index contributed by atoms with van der Waals surface area (Å²) < 4.78 is 16.8. The lowest BCUT2D eigenvalue weighted by Crippen LogP contribution is -2.46. The molecule has 0 bridgehead atoms. The van der Waals surface area contributed by atoms with Gasteiger partial charge in [0.2, 0.25) is 12.0 Å². The summed E-state index contributed by atoms with van der Waals surface area (Å²) in [5.41, 5.74) is 0. The van der Waals surface area contributed by atoms with Gasteiger partial charge in [0.1, 0.15) is 6.61 Å². The zero-order valence-electron chi connectivity index (χ0n) is 14.3. The average Bonchev–Trinajstić information content (AvgIpc) is 3.29. The number of para-hydroxylation sites is 2. The van der Waals surface area contributed by atoms with E-state index in [1.165, 1.54) is 0 Å². The summed E-state index contributed by atoms with van der Waals surface area (Å²) in [6.07, 6.45) is 1.09. The number of rotatable bonds is 3. The maximum absolute atomic E-state index is 13.0. The number of benzene rings is 1. The second-order valence-corrected chi connectivity index (χ2v) is 6.70. The third kappa shape index (κ3) is 2.94. The summed E-state index contributed by atoms with van der Waals surface area (Å²) in [6.45, 7) is 4.87. The van der Waals surface area contributed by atoms with E-state index in [-0.39, 0.29) is 24.5 Å². The first-order chi connectivity index (χ1) is 12.1. The van der Waals surface area contributed by atoms with Crippen LogP contribution in [0.25, 0.3) is 0 Å². The summed E-state index contributed by atoms with van der Waals surface area (Å²) in [5, 5.41) is 4.08. The topological polar surface area (TPSA) is 77.7 Å². The summed E-state index contributed by atoms with van der Waals surface area (Å²) in [4.78, 5) is 19.2. The minimum Gasteiger partial charge on any atom is -0.485 e. The van der Waals surface area contributed by atoms with E-state index in [1.54, 1.807) is 4.90 Å². The molecule has 3 heterocycles. The Hall–Kier alpha value is -2.57. The van der Waals surface area contributed by atoms with Gasteiger partial charge in [-0.15, -0.1) is 0 Å². The maximum Gasteiger partial charge on any atom is 0.267 e. The third-order valence-electron chi connectivity index (χ3n) is 4.57. The molecule has 2 aliphatic rings. The van der Waals surface area contributed by atoms with Crippen LogP contribution in [0.3, 0.4) is 0 Å². The van der Waals surface area contributed by atoms with E-state index in [0.29, 0.717) is 29.8 Å². The largest absolute Gasteiger partial charge is 0.485 e. The molecule has 1 fully saturated rings. The van der Waals surface area contributed by atoms with E-state index in [1.807, 2.05) is 38.1 Å². The summed E-state index contributed by atoms with van der Waals surface area (Å²) in [6, 6.07) is 7.22. The molecule has 25 heavy (non-hydrogen) atoms. The van der Waals surface area contributed by atoms with Gasteiger partial charge in [0.05, 0.1) is 6.04 Å². The van der Waals surface area contributed by atoms with Gasteiger partial charge in [0.25, 0.3) is 5.91 Å². The van der Waals surface area contributed by atoms with Gasteiger partial charge >= 0.3 is 0 Å². The van der Waals surface area contributed by atoms with Gasteiger partial charge in [-0.2, -0.15) is 4.98 Å². The molecule has 0 aliphatic carbocycles. The van der Waals surface area contributed by atoms with Crippen LogP contribution in [-0.4, -0.2) is 40.2 Å². The molecule has 2 aliphatic heterocycles. The van der Waals surface area contributed by atoms with E-state index in [9.17, 15) is 4.79 Å². The van der Waals surface area contributed by atoms with Crippen LogP contribution in [-0.2, 0) is 4.79 Å². The van der Waals surface area contributed by atoms with Crippen LogP contribution < -0.4 is 9.47 Å². The highest BCUT2D eigenvalue weighted by molar-refractivity contribution is 5.82. The zero-order chi connectivity index (χ0) is 17.4. The Labute approximate surface area is 145 Å². The van der Waals surface area contributed by atoms with Crippen LogP contribution in [0, 0.1) is 0 Å². The van der Waals surface area contributed by atoms with Gasteiger partial charge in [-0.1, -0.05) is 31.1 Å². The predicted molar refractivity (Wildman–Crippen MR) is 88.4 cm³/mol. The van der Waals surface area contributed by atoms with Crippen molar-refractivity contribution >= 4 is 5.91 Å². The first-order valence-corrected chi connectivity index (χ1v) is 8.66. The van der Waals surface area contributed by atoms with Crippen molar-refractivity contribution in [3.8, 4) is 11.5 Å². The number of likely N-dealkylation sites (tertiary alicyclic amines) is 1. The minimum atomic E-state index is -0.646. The molecule has 0 N–H and O–H groups in total. The first kappa shape index (κ1) is 15.9. The molecule has 4 rings (SSSR count). The van der Waals surface area contributed by atoms with Crippen molar-refractivity contribution in [3.63, 3.8) is 0 Å². The van der Waals surface area contributed by atoms with Crippen LogP contribution in [0.1, 0.15) is 50.4 Å². The fourth-order valence-electron chi connectivity index (χ4n) is 3.24. The van der Waals surface area contributed by atoms with Crippen molar-refractivity contribution in [3.05, 3.63) is 36.0 Å². The standard InChI is InChI=1S/C18H21N3O4/c1-11(2)17-19-16(20-25-17)12-6-5-9-21(12)18(22)15-10-23-13-7-3-4-8-14(13)24-15/h3-4,7-8,11-12,15H,5-6,9-10H2,1-2H3/t12-,15+/m1/s1. The lowest BCUT2D eigenvalue weighted by molar-refractivity contribution is -0.142. The normalized spacial score (nSPS) is 22.4. The molecule has 7 heteroatoms. The van der Waals surface area contributed by atoms with E-state index < -0.39 is 6.10 Å². The molecule has 132 valence electrons. The number of ether oxygens (including phenoxy) is 2. The van der Waals surface area contributed by atoms with E-state index in [0.717, 1.165) is 12.8 Å². The number of carbonyl (C=O) groups is 1. The van der Waals surface area contributed by atoms with Crippen molar-refractivity contribution in [2.24, 2.45) is 0 Å². The molecule has 1 amide bonds. The second-order valence-electron chi connectivity index (χ2n) is 6.70. The van der Waals surface area contributed by atoms with Gasteiger partial charge < -0.3 is 18.9 Å². The quantitative estimate of drug-likeness (QED) is 0.853. The van der Waals surface area contributed by atoms with Crippen LogP contribution in [0.15, 0.2) is 28.8 Å². The molecule has 2 aromatic rings. The molecule has 1 aromatic carbocycles. The van der Waals surface area contributed by atoms with Crippen molar-refractivity contribution in [1.82, 2.24) is 15.0 Å². The molecule has 2 atom stereocenters. The molecule has 7 nitrogen and oxygen atoms in total. The number of carbonyl (C=O) groups excluding carboxylic acids is 1. The van der Waals surface area contributed by atoms with Crippen LogP contribution in [0.2, 0.25) is 0 Å². The number of amides is 1. The van der Waals surface area contributed by atoms with Crippen LogP contribution in [0.4, 0.5) is 0 Å². The van der Waals surface area contributed by atoms with E-state index in [2.05, 4.69) is 10.1 Å². The zero-order valence-corrected chi connectivity index (χ0v) is 14.3. The molecular weight excluding hydrogens is 322 g/mol. The number of aromatic nitrogens is 2. The average molecular weight is 343 g/mol. The minimum absolute atomic E-state index is 0.0899. The lowest BCUT2D eigenvalue weighted by Gasteiger charge is -2.30.